The zero-order valence-electron chi connectivity index (χ0n) is 13.4. The number of rotatable bonds is 4. The Morgan fingerprint density at radius 3 is 2.77 bits per heavy atom. The number of nitrogens with zero attached hydrogens (tertiary/aromatic N) is 2. The van der Waals surface area contributed by atoms with Crippen molar-refractivity contribution < 1.29 is 19.1 Å². The van der Waals surface area contributed by atoms with Gasteiger partial charge in [-0.1, -0.05) is 0 Å². The summed E-state index contributed by atoms with van der Waals surface area (Å²) in [6.07, 6.45) is 3.88. The highest BCUT2D eigenvalue weighted by atomic mass is 16.3. The molecular weight excluding hydrogens is 284 g/mol. The fourth-order valence-corrected chi connectivity index (χ4v) is 2.89. The van der Waals surface area contributed by atoms with E-state index in [4.69, 9.17) is 4.42 Å². The molecule has 2 heterocycles. The van der Waals surface area contributed by atoms with E-state index >= 15 is 0 Å². The number of piperidine rings is 1. The largest absolute Gasteiger partial charge is 0.459 e. The molecule has 1 aromatic rings. The van der Waals surface area contributed by atoms with Gasteiger partial charge in [0.15, 0.2) is 5.76 Å². The highest BCUT2D eigenvalue weighted by molar-refractivity contribution is 5.95. The predicted molar refractivity (Wildman–Crippen MR) is 81.3 cm³/mol. The Kier molecular flexibility index (Phi) is 4.90. The molecule has 1 unspecified atom stereocenters. The second kappa shape index (κ2) is 6.52. The lowest BCUT2D eigenvalue weighted by molar-refractivity contribution is -0.138. The summed E-state index contributed by atoms with van der Waals surface area (Å²) in [6, 6.07) is 2.78. The summed E-state index contributed by atoms with van der Waals surface area (Å²) in [6.45, 7) is 4.09. The van der Waals surface area contributed by atoms with Crippen molar-refractivity contribution in [3.8, 4) is 0 Å². The molecule has 2 amide bonds. The monoisotopic (exact) mass is 308 g/mol. The van der Waals surface area contributed by atoms with Gasteiger partial charge in [0.25, 0.3) is 5.91 Å². The number of carbonyl (C=O) groups is 2. The number of hydrogen-bond acceptors (Lipinski definition) is 4. The van der Waals surface area contributed by atoms with E-state index in [1.165, 1.54) is 11.2 Å². The lowest BCUT2D eigenvalue weighted by Gasteiger charge is -2.37. The number of amides is 2. The minimum Gasteiger partial charge on any atom is -0.459 e. The van der Waals surface area contributed by atoms with E-state index in [9.17, 15) is 14.7 Å². The van der Waals surface area contributed by atoms with E-state index in [0.717, 1.165) is 12.8 Å². The summed E-state index contributed by atoms with van der Waals surface area (Å²) in [5, 5.41) is 9.87. The van der Waals surface area contributed by atoms with E-state index < -0.39 is 11.6 Å². The first-order chi connectivity index (χ1) is 10.3. The third kappa shape index (κ3) is 3.88. The van der Waals surface area contributed by atoms with Gasteiger partial charge in [-0.3, -0.25) is 9.59 Å². The molecule has 0 radical (unpaired) electrons. The van der Waals surface area contributed by atoms with Gasteiger partial charge in [-0.15, -0.1) is 0 Å². The van der Waals surface area contributed by atoms with Gasteiger partial charge >= 0.3 is 0 Å². The minimum absolute atomic E-state index is 0.137. The molecule has 22 heavy (non-hydrogen) atoms. The maximum atomic E-state index is 12.7. The Morgan fingerprint density at radius 2 is 2.18 bits per heavy atom. The van der Waals surface area contributed by atoms with Crippen molar-refractivity contribution in [1.29, 1.82) is 0 Å². The number of carbonyl (C=O) groups excluding carboxylic acids is 2. The molecule has 1 aliphatic heterocycles. The van der Waals surface area contributed by atoms with Crippen molar-refractivity contribution in [2.24, 2.45) is 0 Å². The Morgan fingerprint density at radius 1 is 1.45 bits per heavy atom. The smallest absolute Gasteiger partial charge is 0.290 e. The Hall–Kier alpha value is -1.82. The fraction of sp³-hybridized carbons (Fsp3) is 0.625. The first-order valence-electron chi connectivity index (χ1n) is 7.61. The minimum atomic E-state index is -0.963. The summed E-state index contributed by atoms with van der Waals surface area (Å²) < 4.78 is 5.16. The maximum Gasteiger partial charge on any atom is 0.290 e. The third-order valence-corrected chi connectivity index (χ3v) is 3.78. The van der Waals surface area contributed by atoms with Crippen LogP contribution in [0.3, 0.4) is 0 Å². The lowest BCUT2D eigenvalue weighted by Crippen LogP contribution is -2.54. The Balaban J connectivity index is 2.12. The zero-order chi connectivity index (χ0) is 16.3. The van der Waals surface area contributed by atoms with E-state index in [0.29, 0.717) is 13.0 Å². The van der Waals surface area contributed by atoms with Crippen molar-refractivity contribution in [1.82, 2.24) is 9.80 Å². The second-order valence-electron chi connectivity index (χ2n) is 6.49. The van der Waals surface area contributed by atoms with Crippen LogP contribution in [-0.4, -0.2) is 58.5 Å². The number of hydrogen-bond donors (Lipinski definition) is 1. The van der Waals surface area contributed by atoms with Crippen LogP contribution in [0.2, 0.25) is 0 Å². The summed E-state index contributed by atoms with van der Waals surface area (Å²) >= 11 is 0. The number of furan rings is 1. The van der Waals surface area contributed by atoms with Gasteiger partial charge < -0.3 is 19.3 Å². The molecule has 1 N–H and O–H groups in total. The van der Waals surface area contributed by atoms with Crippen LogP contribution in [0.15, 0.2) is 22.8 Å². The van der Waals surface area contributed by atoms with Crippen LogP contribution in [0.4, 0.5) is 0 Å². The van der Waals surface area contributed by atoms with Crippen molar-refractivity contribution in [2.45, 2.75) is 44.8 Å². The molecule has 1 fully saturated rings. The van der Waals surface area contributed by atoms with Crippen LogP contribution < -0.4 is 0 Å². The Labute approximate surface area is 130 Å². The molecule has 1 aromatic heterocycles. The van der Waals surface area contributed by atoms with Gasteiger partial charge in [0.1, 0.15) is 6.04 Å². The fourth-order valence-electron chi connectivity index (χ4n) is 2.89. The van der Waals surface area contributed by atoms with Gasteiger partial charge in [0.2, 0.25) is 5.91 Å². The van der Waals surface area contributed by atoms with Crippen LogP contribution >= 0.6 is 0 Å². The summed E-state index contributed by atoms with van der Waals surface area (Å²) in [7, 11) is 1.66. The normalized spacial score (nSPS) is 19.1. The molecule has 0 aliphatic carbocycles. The van der Waals surface area contributed by atoms with E-state index in [1.807, 2.05) is 0 Å². The van der Waals surface area contributed by atoms with Crippen molar-refractivity contribution in [3.63, 3.8) is 0 Å². The average molecular weight is 308 g/mol. The highest BCUT2D eigenvalue weighted by Gasteiger charge is 2.36. The molecule has 0 bridgehead atoms. The van der Waals surface area contributed by atoms with E-state index in [-0.39, 0.29) is 24.1 Å². The van der Waals surface area contributed by atoms with Gasteiger partial charge in [-0.25, -0.2) is 0 Å². The number of likely N-dealkylation sites (tertiary alicyclic amines) is 1. The lowest BCUT2D eigenvalue weighted by atomic mass is 9.99. The van der Waals surface area contributed by atoms with Gasteiger partial charge in [-0.2, -0.15) is 0 Å². The SMILES string of the molecule is CN(CC(C)(C)O)C(=O)C1CCCCN1C(=O)c1ccco1. The van der Waals surface area contributed by atoms with Gasteiger partial charge in [0.05, 0.1) is 11.9 Å². The number of aliphatic hydroxyl groups is 1. The molecule has 0 spiro atoms. The Bertz CT molecular complexity index is 519. The standard InChI is InChI=1S/C16H24N2O4/c1-16(2,21)11-17(3)14(19)12-7-4-5-9-18(12)15(20)13-8-6-10-22-13/h6,8,10,12,21H,4-5,7,9,11H2,1-3H3. The van der Waals surface area contributed by atoms with E-state index in [1.54, 1.807) is 37.9 Å². The van der Waals surface area contributed by atoms with Crippen LogP contribution in [0.25, 0.3) is 0 Å². The third-order valence-electron chi connectivity index (χ3n) is 3.78. The maximum absolute atomic E-state index is 12.7. The average Bonchev–Trinajstić information content (AvgIpc) is 2.98. The molecule has 1 atom stereocenters. The predicted octanol–water partition coefficient (Wildman–Crippen LogP) is 1.50. The van der Waals surface area contributed by atoms with E-state index in [2.05, 4.69) is 0 Å². The summed E-state index contributed by atoms with van der Waals surface area (Å²) in [5.74, 6) is -0.133. The molecule has 6 nitrogen and oxygen atoms in total. The molecule has 1 aliphatic rings. The highest BCUT2D eigenvalue weighted by Crippen LogP contribution is 2.22. The number of likely N-dealkylation sites (N-methyl/N-ethyl adjacent to an activating group) is 1. The summed E-state index contributed by atoms with van der Waals surface area (Å²) in [4.78, 5) is 28.2. The zero-order valence-corrected chi connectivity index (χ0v) is 13.4. The van der Waals surface area contributed by atoms with Crippen molar-refractivity contribution in [2.75, 3.05) is 20.1 Å². The van der Waals surface area contributed by atoms with Crippen LogP contribution in [0.5, 0.6) is 0 Å². The quantitative estimate of drug-likeness (QED) is 0.915. The molecule has 122 valence electrons. The topological polar surface area (TPSA) is 74.0 Å². The van der Waals surface area contributed by atoms with Crippen LogP contribution in [0, 0.1) is 0 Å². The first-order valence-corrected chi connectivity index (χ1v) is 7.61. The molecular formula is C16H24N2O4. The molecule has 0 saturated carbocycles. The molecule has 0 aromatic carbocycles. The first kappa shape index (κ1) is 16.5. The van der Waals surface area contributed by atoms with Gasteiger partial charge in [0, 0.05) is 20.1 Å². The second-order valence-corrected chi connectivity index (χ2v) is 6.49. The van der Waals surface area contributed by atoms with Crippen molar-refractivity contribution in [3.05, 3.63) is 24.2 Å². The molecule has 1 saturated heterocycles. The summed E-state index contributed by atoms with van der Waals surface area (Å²) in [5.41, 5.74) is -0.963. The molecule has 6 heteroatoms. The van der Waals surface area contributed by atoms with Crippen LogP contribution in [-0.2, 0) is 4.79 Å². The van der Waals surface area contributed by atoms with Crippen LogP contribution in [0.1, 0.15) is 43.7 Å². The van der Waals surface area contributed by atoms with Crippen molar-refractivity contribution >= 4 is 11.8 Å². The van der Waals surface area contributed by atoms with Gasteiger partial charge in [-0.05, 0) is 45.2 Å². The molecule has 2 rings (SSSR count).